The van der Waals surface area contributed by atoms with Crippen LogP contribution in [0.5, 0.6) is 11.5 Å². The second kappa shape index (κ2) is 8.06. The molecule has 3 rings (SSSR count). The summed E-state index contributed by atoms with van der Waals surface area (Å²) in [6, 6.07) is 12.8. The predicted molar refractivity (Wildman–Crippen MR) is 112 cm³/mol. The highest BCUT2D eigenvalue weighted by molar-refractivity contribution is 7.80. The molecule has 1 aliphatic rings. The van der Waals surface area contributed by atoms with Crippen molar-refractivity contribution in [2.45, 2.75) is 31.9 Å². The first-order valence-corrected chi connectivity index (χ1v) is 9.35. The molecule has 0 fully saturated rings. The lowest BCUT2D eigenvalue weighted by Gasteiger charge is -2.38. The Labute approximate surface area is 170 Å². The van der Waals surface area contributed by atoms with Gasteiger partial charge in [-0.05, 0) is 56.4 Å². The van der Waals surface area contributed by atoms with Crippen molar-refractivity contribution in [3.8, 4) is 11.5 Å². The number of thiocarbonyl (C=S) groups is 1. The van der Waals surface area contributed by atoms with E-state index in [9.17, 15) is 4.79 Å². The highest BCUT2D eigenvalue weighted by atomic mass is 32.1. The summed E-state index contributed by atoms with van der Waals surface area (Å²) in [5.74, 6) is 1.13. The second-order valence-electron chi connectivity index (χ2n) is 7.19. The molecule has 7 heteroatoms. The number of fused-ring (bicyclic) bond motifs is 1. The lowest BCUT2D eigenvalue weighted by atomic mass is 9.89. The first kappa shape index (κ1) is 19.9. The third-order valence-electron chi connectivity index (χ3n) is 4.52. The second-order valence-corrected chi connectivity index (χ2v) is 7.60. The molecule has 148 valence electrons. The van der Waals surface area contributed by atoms with Gasteiger partial charge in [-0.2, -0.15) is 0 Å². The minimum Gasteiger partial charge on any atom is -0.497 e. The smallest absolute Gasteiger partial charge is 0.337 e. The molecule has 0 aromatic heterocycles. The van der Waals surface area contributed by atoms with Gasteiger partial charge in [0.15, 0.2) is 5.11 Å². The molecule has 1 heterocycles. The average molecular weight is 401 g/mol. The van der Waals surface area contributed by atoms with Crippen LogP contribution in [0.4, 0.5) is 5.69 Å². The molecule has 0 bridgehead atoms. The molecule has 1 aliphatic heterocycles. The van der Waals surface area contributed by atoms with E-state index in [0.29, 0.717) is 16.4 Å². The van der Waals surface area contributed by atoms with Gasteiger partial charge in [-0.25, -0.2) is 4.79 Å². The van der Waals surface area contributed by atoms with Crippen LogP contribution in [0.2, 0.25) is 0 Å². The molecule has 0 spiro atoms. The van der Waals surface area contributed by atoms with E-state index >= 15 is 0 Å². The van der Waals surface area contributed by atoms with Crippen LogP contribution in [-0.4, -0.2) is 30.9 Å². The molecule has 0 saturated carbocycles. The Balaban J connectivity index is 1.76. The van der Waals surface area contributed by atoms with E-state index in [2.05, 4.69) is 10.6 Å². The molecule has 2 N–H and O–H groups in total. The molecule has 2 aromatic rings. The summed E-state index contributed by atoms with van der Waals surface area (Å²) in [4.78, 5) is 11.7. The molecular formula is C21H24N2O4S. The SMILES string of the molecule is COC(=O)c1cccc(NC(=S)N[C@@H]2CC(C)(C)Oc3cc(OC)ccc32)c1. The highest BCUT2D eigenvalue weighted by Gasteiger charge is 2.34. The summed E-state index contributed by atoms with van der Waals surface area (Å²) in [5, 5.41) is 6.96. The van der Waals surface area contributed by atoms with Gasteiger partial charge in [-0.3, -0.25) is 0 Å². The van der Waals surface area contributed by atoms with E-state index in [1.807, 2.05) is 38.1 Å². The number of carbonyl (C=O) groups is 1. The third kappa shape index (κ3) is 4.54. The zero-order valence-corrected chi connectivity index (χ0v) is 17.2. The van der Waals surface area contributed by atoms with Gasteiger partial charge >= 0.3 is 5.97 Å². The van der Waals surface area contributed by atoms with Crippen LogP contribution in [0.25, 0.3) is 0 Å². The Hall–Kier alpha value is -2.80. The van der Waals surface area contributed by atoms with Gasteiger partial charge in [0.2, 0.25) is 0 Å². The topological polar surface area (TPSA) is 68.8 Å². The summed E-state index contributed by atoms with van der Waals surface area (Å²) in [5.41, 5.74) is 1.84. The lowest BCUT2D eigenvalue weighted by Crippen LogP contribution is -2.42. The van der Waals surface area contributed by atoms with Crippen LogP contribution in [0.1, 0.15) is 42.2 Å². The van der Waals surface area contributed by atoms with Crippen LogP contribution < -0.4 is 20.1 Å². The maximum atomic E-state index is 11.7. The van der Waals surface area contributed by atoms with E-state index in [-0.39, 0.29) is 11.6 Å². The normalized spacial score (nSPS) is 16.9. The minimum atomic E-state index is -0.392. The third-order valence-corrected chi connectivity index (χ3v) is 4.74. The van der Waals surface area contributed by atoms with Crippen LogP contribution in [-0.2, 0) is 4.74 Å². The Morgan fingerprint density at radius 1 is 1.21 bits per heavy atom. The van der Waals surface area contributed by atoms with Crippen molar-refractivity contribution in [2.75, 3.05) is 19.5 Å². The van der Waals surface area contributed by atoms with Gasteiger partial charge in [0.1, 0.15) is 17.1 Å². The van der Waals surface area contributed by atoms with Gasteiger partial charge in [0.25, 0.3) is 0 Å². The number of rotatable bonds is 4. The monoisotopic (exact) mass is 400 g/mol. The molecule has 6 nitrogen and oxygen atoms in total. The lowest BCUT2D eigenvalue weighted by molar-refractivity contribution is 0.0600. The molecular weight excluding hydrogens is 376 g/mol. The first-order chi connectivity index (χ1) is 13.3. The number of nitrogens with one attached hydrogen (secondary N) is 2. The number of hydrogen-bond acceptors (Lipinski definition) is 5. The predicted octanol–water partition coefficient (Wildman–Crippen LogP) is 4.07. The Bertz CT molecular complexity index is 898. The molecule has 0 amide bonds. The van der Waals surface area contributed by atoms with Crippen molar-refractivity contribution in [1.82, 2.24) is 5.32 Å². The maximum absolute atomic E-state index is 11.7. The summed E-state index contributed by atoms with van der Waals surface area (Å²) in [6.45, 7) is 4.08. The van der Waals surface area contributed by atoms with Crippen molar-refractivity contribution in [2.24, 2.45) is 0 Å². The highest BCUT2D eigenvalue weighted by Crippen LogP contribution is 2.41. The van der Waals surface area contributed by atoms with Gasteiger partial charge < -0.3 is 24.8 Å². The van der Waals surface area contributed by atoms with E-state index in [1.165, 1.54) is 7.11 Å². The van der Waals surface area contributed by atoms with Crippen molar-refractivity contribution < 1.29 is 19.0 Å². The van der Waals surface area contributed by atoms with Gasteiger partial charge in [-0.15, -0.1) is 0 Å². The number of benzene rings is 2. The summed E-state index contributed by atoms with van der Waals surface area (Å²) < 4.78 is 16.2. The molecule has 2 aromatic carbocycles. The summed E-state index contributed by atoms with van der Waals surface area (Å²) in [7, 11) is 2.99. The average Bonchev–Trinajstić information content (AvgIpc) is 2.66. The quantitative estimate of drug-likeness (QED) is 0.592. The van der Waals surface area contributed by atoms with Crippen LogP contribution >= 0.6 is 12.2 Å². The van der Waals surface area contributed by atoms with Crippen molar-refractivity contribution in [3.05, 3.63) is 53.6 Å². The van der Waals surface area contributed by atoms with Crippen LogP contribution in [0, 0.1) is 0 Å². The molecule has 28 heavy (non-hydrogen) atoms. The van der Waals surface area contributed by atoms with Crippen molar-refractivity contribution in [1.29, 1.82) is 0 Å². The minimum absolute atomic E-state index is 0.0200. The van der Waals surface area contributed by atoms with E-state index in [0.717, 1.165) is 23.5 Å². The van der Waals surface area contributed by atoms with E-state index < -0.39 is 5.97 Å². The molecule has 0 unspecified atom stereocenters. The van der Waals surface area contributed by atoms with Gasteiger partial charge in [0, 0.05) is 23.7 Å². The number of hydrogen-bond donors (Lipinski definition) is 2. The van der Waals surface area contributed by atoms with Crippen LogP contribution in [0.3, 0.4) is 0 Å². The number of ether oxygens (including phenoxy) is 3. The Morgan fingerprint density at radius 2 is 2.00 bits per heavy atom. The van der Waals surface area contributed by atoms with E-state index in [1.54, 1.807) is 25.3 Å². The molecule has 0 aliphatic carbocycles. The van der Waals surface area contributed by atoms with Crippen molar-refractivity contribution in [3.63, 3.8) is 0 Å². The molecule has 0 saturated heterocycles. The molecule has 0 radical (unpaired) electrons. The van der Waals surface area contributed by atoms with Crippen LogP contribution in [0.15, 0.2) is 42.5 Å². The standard InChI is InChI=1S/C21H24N2O4S/c1-21(2)12-17(16-9-8-15(25-3)11-18(16)27-21)23-20(28)22-14-7-5-6-13(10-14)19(24)26-4/h5-11,17H,12H2,1-4H3,(H2,22,23,28)/t17-/m1/s1. The first-order valence-electron chi connectivity index (χ1n) is 8.94. The fraction of sp³-hybridized carbons (Fsp3) is 0.333. The Morgan fingerprint density at radius 3 is 2.71 bits per heavy atom. The number of esters is 1. The summed E-state index contributed by atoms with van der Waals surface area (Å²) in [6.07, 6.45) is 0.746. The number of anilines is 1. The van der Waals surface area contributed by atoms with Crippen molar-refractivity contribution >= 4 is 29.0 Å². The Kier molecular flexibility index (Phi) is 5.74. The fourth-order valence-electron chi connectivity index (χ4n) is 3.25. The fourth-order valence-corrected chi connectivity index (χ4v) is 3.51. The summed E-state index contributed by atoms with van der Waals surface area (Å²) >= 11 is 5.50. The number of carbonyl (C=O) groups excluding carboxylic acids is 1. The number of methoxy groups -OCH3 is 2. The largest absolute Gasteiger partial charge is 0.497 e. The maximum Gasteiger partial charge on any atom is 0.337 e. The van der Waals surface area contributed by atoms with E-state index in [4.69, 9.17) is 26.4 Å². The zero-order valence-electron chi connectivity index (χ0n) is 16.4. The zero-order chi connectivity index (χ0) is 20.3. The van der Waals surface area contributed by atoms with Gasteiger partial charge in [0.05, 0.1) is 25.8 Å². The molecule has 1 atom stereocenters. The van der Waals surface area contributed by atoms with Gasteiger partial charge in [-0.1, -0.05) is 6.07 Å².